The van der Waals surface area contributed by atoms with Crippen LogP contribution in [0.1, 0.15) is 128 Å². The number of nitrogens with two attached hydrogens (primary N) is 1. The molecule has 4 aromatic carbocycles. The van der Waals surface area contributed by atoms with Gasteiger partial charge in [-0.15, -0.1) is 0 Å². The first kappa shape index (κ1) is 78.6. The molecule has 4 fully saturated rings. The van der Waals surface area contributed by atoms with Crippen molar-refractivity contribution in [2.45, 2.75) is 121 Å². The van der Waals surface area contributed by atoms with Crippen molar-refractivity contribution in [3.63, 3.8) is 0 Å². The van der Waals surface area contributed by atoms with Crippen LogP contribution < -0.4 is 15.2 Å². The highest BCUT2D eigenvalue weighted by molar-refractivity contribution is 14.1. The van der Waals surface area contributed by atoms with E-state index < -0.39 is 60.3 Å². The summed E-state index contributed by atoms with van der Waals surface area (Å²) in [6.45, 7) is 27.1. The zero-order valence-corrected chi connectivity index (χ0v) is 59.4. The van der Waals surface area contributed by atoms with E-state index >= 15 is 0 Å². The Bertz CT molecular complexity index is 2910. The van der Waals surface area contributed by atoms with E-state index in [2.05, 4.69) is 76.7 Å². The molecule has 3 unspecified atom stereocenters. The van der Waals surface area contributed by atoms with Gasteiger partial charge in [-0.3, -0.25) is 0 Å². The minimum absolute atomic E-state index is 0. The van der Waals surface area contributed by atoms with E-state index in [1.807, 2.05) is 98.7 Å². The first-order valence-electron chi connectivity index (χ1n) is 26.3. The first-order valence-corrected chi connectivity index (χ1v) is 33.3. The number of hydrogen-bond donors (Lipinski definition) is 4. The van der Waals surface area contributed by atoms with Crippen molar-refractivity contribution in [1.29, 1.82) is 1.34 Å². The number of carbonyl (C=O) groups excluding carboxylic acids is 2. The van der Waals surface area contributed by atoms with E-state index in [9.17, 15) is 22.2 Å². The Morgan fingerprint density at radius 3 is 1.27 bits per heavy atom. The van der Waals surface area contributed by atoms with Crippen LogP contribution in [0.25, 0.3) is 0 Å². The minimum atomic E-state index is -1.26. The van der Waals surface area contributed by atoms with Gasteiger partial charge in [0, 0.05) is 42.6 Å². The normalized spacial score (nSPS) is 17.0. The van der Waals surface area contributed by atoms with Crippen LogP contribution in [0.15, 0.2) is 86.1 Å². The van der Waals surface area contributed by atoms with Gasteiger partial charge in [0.05, 0.1) is 130 Å². The molecular weight excluding hydrogens is 1470 g/mol. The molecule has 4 heterocycles. The third-order valence-corrected chi connectivity index (χ3v) is 19.8. The summed E-state index contributed by atoms with van der Waals surface area (Å²) in [6.07, 6.45) is 0. The van der Waals surface area contributed by atoms with Gasteiger partial charge >= 0.3 is 11.9 Å². The van der Waals surface area contributed by atoms with Gasteiger partial charge in [-0.05, 0) is 178 Å². The summed E-state index contributed by atoms with van der Waals surface area (Å²) >= 11 is 33.5. The summed E-state index contributed by atoms with van der Waals surface area (Å²) in [4.78, 5) is 23.3. The van der Waals surface area contributed by atoms with Crippen LogP contribution in [0.2, 0.25) is 20.1 Å². The minimum Gasteiger partial charge on any atom is -0.462 e. The van der Waals surface area contributed by atoms with Gasteiger partial charge in [-0.1, -0.05) is 104 Å². The van der Waals surface area contributed by atoms with Gasteiger partial charge < -0.3 is 39.3 Å². The van der Waals surface area contributed by atoms with Gasteiger partial charge in [-0.25, -0.2) is 31.7 Å². The summed E-state index contributed by atoms with van der Waals surface area (Å²) in [5.41, 5.74) is 8.77. The van der Waals surface area contributed by atoms with Crippen molar-refractivity contribution in [2.24, 2.45) is 10.1 Å². The lowest BCUT2D eigenvalue weighted by molar-refractivity contribution is -0.0659. The molecule has 0 saturated carbocycles. The molecular formula is C57H80BBr2Cl4IN4O12S3. The number of halogens is 7. The van der Waals surface area contributed by atoms with E-state index in [-0.39, 0.29) is 29.5 Å². The lowest BCUT2D eigenvalue weighted by Gasteiger charge is -2.43. The number of ether oxygens (including phenoxy) is 6. The maximum absolute atomic E-state index is 12.4. The van der Waals surface area contributed by atoms with Crippen molar-refractivity contribution in [3.8, 4) is 0 Å². The number of rotatable bonds is 12. The zero-order valence-electron chi connectivity index (χ0n) is 49.6. The molecule has 16 nitrogen and oxygen atoms in total. The Kier molecular flexibility index (Phi) is 34.1. The Balaban J connectivity index is 0.000000535. The number of nitrogens with zero attached hydrogens (tertiary/aromatic N) is 1. The molecule has 0 bridgehead atoms. The maximum Gasteiger partial charge on any atom is 0.338 e. The number of nitrogens with one attached hydrogen (secondary N) is 2. The van der Waals surface area contributed by atoms with Crippen molar-refractivity contribution in [3.05, 3.63) is 133 Å². The van der Waals surface area contributed by atoms with E-state index in [4.69, 9.17) is 87.0 Å². The number of aliphatic hydroxyl groups excluding tert-OH is 1. The molecule has 2 radical (unpaired) electrons. The second-order valence-electron chi connectivity index (χ2n) is 21.6. The lowest BCUT2D eigenvalue weighted by Crippen LogP contribution is -2.60. The summed E-state index contributed by atoms with van der Waals surface area (Å²) in [5.74, 6) is -0.789. The number of benzene rings is 4. The second kappa shape index (κ2) is 36.4. The monoisotopic (exact) mass is 1550 g/mol. The molecule has 4 saturated heterocycles. The molecule has 0 aromatic heterocycles. The van der Waals surface area contributed by atoms with Gasteiger partial charge in [-0.2, -0.15) is 4.40 Å². The maximum atomic E-state index is 12.4. The summed E-state index contributed by atoms with van der Waals surface area (Å²) < 4.78 is 84.2. The number of esters is 2. The van der Waals surface area contributed by atoms with E-state index in [1.165, 1.54) is 0 Å². The molecule has 84 heavy (non-hydrogen) atoms. The number of hydrogen-bond acceptors (Lipinski definition) is 13. The molecule has 4 aliphatic heterocycles. The molecule has 5 N–H and O–H groups in total. The topological polar surface area (TPSA) is 223 Å². The molecule has 4 aliphatic rings. The highest BCUT2D eigenvalue weighted by atomic mass is 127. The zero-order chi connectivity index (χ0) is 64.0. The van der Waals surface area contributed by atoms with Crippen LogP contribution in [0.3, 0.4) is 0 Å². The largest absolute Gasteiger partial charge is 0.462 e. The highest BCUT2D eigenvalue weighted by Gasteiger charge is 2.46. The van der Waals surface area contributed by atoms with Crippen LogP contribution in [-0.4, -0.2) is 132 Å². The van der Waals surface area contributed by atoms with E-state index in [0.717, 1.165) is 39.9 Å². The summed E-state index contributed by atoms with van der Waals surface area (Å²) in [7, 11) is 0.210. The van der Waals surface area contributed by atoms with Gasteiger partial charge in [0.2, 0.25) is 0 Å². The Labute approximate surface area is 558 Å². The predicted octanol–water partition coefficient (Wildman–Crippen LogP) is 12.5. The third-order valence-electron chi connectivity index (χ3n) is 11.4. The number of aliphatic hydroxyl groups is 1. The van der Waals surface area contributed by atoms with Crippen molar-refractivity contribution >= 4 is 160 Å². The first-order chi connectivity index (χ1) is 39.1. The molecule has 0 spiro atoms. The SMILES string of the molecule is C.CC(C)(C)S(=O)N=C1COC1.CC(C)(C)S(=O)NC1(c2ccc(Br)cc2Cl)COC1.CCO.CCOC(=O)c1ccc(C2(N)COC2)c(Cl)c1.CCOC(=O)c1ccc(C2(NS(=O)C(C)(C)C)COC2)c(Cl)c1.Clc1cc(Br)ccc1I.[2H][B]. The quantitative estimate of drug-likeness (QED) is 0.0449. The molecule has 0 aliphatic carbocycles. The van der Waals surface area contributed by atoms with Crippen LogP contribution in [0.5, 0.6) is 0 Å². The molecule has 0 amide bonds. The Morgan fingerprint density at radius 1 is 0.643 bits per heavy atom. The molecule has 3 atom stereocenters. The van der Waals surface area contributed by atoms with Gasteiger partial charge in [0.1, 0.15) is 22.1 Å². The molecule has 4 aromatic rings. The fourth-order valence-corrected chi connectivity index (χ4v) is 11.6. The average Bonchev–Trinajstić information content (AvgIpc) is 2.28. The van der Waals surface area contributed by atoms with Crippen molar-refractivity contribution in [1.82, 2.24) is 9.44 Å². The van der Waals surface area contributed by atoms with Crippen LogP contribution >= 0.6 is 101 Å². The molecule has 27 heteroatoms. The third kappa shape index (κ3) is 24.4. The van der Waals surface area contributed by atoms with Gasteiger partial charge in [0.25, 0.3) is 0 Å². The second-order valence-corrected chi connectivity index (χ2v) is 32.1. The smallest absolute Gasteiger partial charge is 0.338 e. The van der Waals surface area contributed by atoms with Gasteiger partial charge in [0.15, 0.2) is 0 Å². The Morgan fingerprint density at radius 2 is 1.00 bits per heavy atom. The summed E-state index contributed by atoms with van der Waals surface area (Å²) in [6, 6.07) is 21.6. The predicted molar refractivity (Wildman–Crippen MR) is 362 cm³/mol. The molecule has 470 valence electrons. The van der Waals surface area contributed by atoms with Crippen LogP contribution in [-0.2, 0) is 78.0 Å². The highest BCUT2D eigenvalue weighted by Crippen LogP contribution is 2.39. The number of carbonyl (C=O) groups is 2. The average molecular weight is 1550 g/mol. The fourth-order valence-electron chi connectivity index (χ4n) is 6.64. The van der Waals surface area contributed by atoms with E-state index in [1.54, 1.807) is 57.2 Å². The lowest BCUT2D eigenvalue weighted by atomic mass is 9.88. The van der Waals surface area contributed by atoms with Crippen molar-refractivity contribution in [2.75, 3.05) is 72.7 Å². The van der Waals surface area contributed by atoms with Crippen LogP contribution in [0, 0.1) is 3.57 Å². The molecule has 8 rings (SSSR count). The summed E-state index contributed by atoms with van der Waals surface area (Å²) in [5, 5.41) is 9.92. The van der Waals surface area contributed by atoms with Crippen LogP contribution in [0.4, 0.5) is 0 Å². The van der Waals surface area contributed by atoms with E-state index in [0.29, 0.717) is 92.3 Å². The Hall–Kier alpha value is -1.47. The van der Waals surface area contributed by atoms with Crippen molar-refractivity contribution < 1.29 is 55.7 Å². The standard InChI is InChI=1S/C16H22ClNO4S.C13H17BrClNO2S.C12H14ClNO3.C7H13NO2S.C6H3BrClI.C2H6O.CH4.BH/c1-5-22-14(19)11-6-7-12(13(17)8-11)16(9-21-10-16)18-23(20)15(2,3)4;1-12(2,3)19(17)16-13(7-18-8-13)10-5-4-9(14)6-11(10)15;1-2-17-11(15)8-3-4-9(10(13)5-8)12(14)6-16-7-12;1-7(2,3)11(9)8-6-4-10-5-6;7-4-1-2-6(9)5(8)3-4;1-2-3;;/h6-8,18H,5,9-10H2,1-4H3;4-6,16H,7-8H2,1-3H3;3-5H,2,6-7,14H2,1H3;4-5H2,1-3H3;1-3H;3H,2H2,1H3;1H4;1H/i;;;;;;;1D. The fraction of sp³-hybridized carbons (Fsp3) is 0.526.